The number of piperazine rings is 1. The molecule has 2 heterocycles. The van der Waals surface area contributed by atoms with Gasteiger partial charge in [-0.3, -0.25) is 9.88 Å². The molecule has 0 bridgehead atoms. The number of nitrogens with zero attached hydrogens (tertiary/aromatic N) is 2. The first kappa shape index (κ1) is 13.3. The van der Waals surface area contributed by atoms with Crippen molar-refractivity contribution in [3.63, 3.8) is 0 Å². The Morgan fingerprint density at radius 1 is 1.15 bits per heavy atom. The fraction of sp³-hybridized carbons (Fsp3) is 0.353. The summed E-state index contributed by atoms with van der Waals surface area (Å²) in [6, 6.07) is 15.5. The first-order chi connectivity index (χ1) is 9.93. The lowest BCUT2D eigenvalue weighted by atomic mass is 10.0. The van der Waals surface area contributed by atoms with Gasteiger partial charge < -0.3 is 5.32 Å². The molecule has 1 aliphatic heterocycles. The Morgan fingerprint density at radius 2 is 2.05 bits per heavy atom. The number of rotatable bonds is 4. The molecule has 20 heavy (non-hydrogen) atoms. The van der Waals surface area contributed by atoms with Gasteiger partial charge >= 0.3 is 0 Å². The molecule has 2 aromatic rings. The minimum atomic E-state index is 0.488. The van der Waals surface area contributed by atoms with Crippen LogP contribution < -0.4 is 5.32 Å². The van der Waals surface area contributed by atoms with Gasteiger partial charge in [-0.05, 0) is 23.6 Å². The predicted molar refractivity (Wildman–Crippen MR) is 81.6 cm³/mol. The molecule has 1 saturated heterocycles. The number of pyridine rings is 1. The van der Waals surface area contributed by atoms with Gasteiger partial charge in [-0.1, -0.05) is 36.4 Å². The van der Waals surface area contributed by atoms with Gasteiger partial charge in [0.25, 0.3) is 0 Å². The van der Waals surface area contributed by atoms with Crippen molar-refractivity contribution in [2.45, 2.75) is 12.5 Å². The summed E-state index contributed by atoms with van der Waals surface area (Å²) < 4.78 is 0. The molecule has 1 atom stereocenters. The first-order valence-electron chi connectivity index (χ1n) is 7.32. The molecule has 3 heteroatoms. The lowest BCUT2D eigenvalue weighted by molar-refractivity contribution is 0.164. The molecule has 104 valence electrons. The van der Waals surface area contributed by atoms with E-state index in [4.69, 9.17) is 0 Å². The largest absolute Gasteiger partial charge is 0.314 e. The van der Waals surface area contributed by atoms with Gasteiger partial charge in [0, 0.05) is 44.6 Å². The highest BCUT2D eigenvalue weighted by molar-refractivity contribution is 5.20. The second-order valence-corrected chi connectivity index (χ2v) is 5.28. The Labute approximate surface area is 120 Å². The van der Waals surface area contributed by atoms with Crippen molar-refractivity contribution in [2.75, 3.05) is 26.2 Å². The van der Waals surface area contributed by atoms with Crippen molar-refractivity contribution < 1.29 is 0 Å². The SMILES string of the molecule is c1ccc(C2CNCCN2CCc2cccnc2)cc1. The molecule has 0 radical (unpaired) electrons. The van der Waals surface area contributed by atoms with Crippen molar-refractivity contribution >= 4 is 0 Å². The second-order valence-electron chi connectivity index (χ2n) is 5.28. The van der Waals surface area contributed by atoms with Crippen molar-refractivity contribution in [2.24, 2.45) is 0 Å². The standard InChI is InChI=1S/C17H21N3/c1-2-6-16(7-3-1)17-14-19-10-12-20(17)11-8-15-5-4-9-18-13-15/h1-7,9,13,17,19H,8,10-12,14H2. The molecule has 3 rings (SSSR count). The quantitative estimate of drug-likeness (QED) is 0.921. The van der Waals surface area contributed by atoms with E-state index in [0.717, 1.165) is 32.6 Å². The lowest BCUT2D eigenvalue weighted by Crippen LogP contribution is -2.46. The van der Waals surface area contributed by atoms with E-state index in [1.165, 1.54) is 11.1 Å². The molecule has 0 aliphatic carbocycles. The Kier molecular flexibility index (Phi) is 4.41. The highest BCUT2D eigenvalue weighted by Crippen LogP contribution is 2.22. The summed E-state index contributed by atoms with van der Waals surface area (Å²) in [6.07, 6.45) is 4.87. The maximum Gasteiger partial charge on any atom is 0.0473 e. The number of benzene rings is 1. The van der Waals surface area contributed by atoms with Crippen LogP contribution in [0.1, 0.15) is 17.2 Å². The number of hydrogen-bond donors (Lipinski definition) is 1. The smallest absolute Gasteiger partial charge is 0.0473 e. The average Bonchev–Trinajstić information content (AvgIpc) is 2.55. The number of hydrogen-bond acceptors (Lipinski definition) is 3. The van der Waals surface area contributed by atoms with Crippen LogP contribution in [-0.4, -0.2) is 36.1 Å². The van der Waals surface area contributed by atoms with Crippen molar-refractivity contribution in [3.05, 3.63) is 66.0 Å². The van der Waals surface area contributed by atoms with Crippen LogP contribution in [0.3, 0.4) is 0 Å². The summed E-state index contributed by atoms with van der Waals surface area (Å²) in [6.45, 7) is 4.32. The molecular weight excluding hydrogens is 246 g/mol. The van der Waals surface area contributed by atoms with Crippen molar-refractivity contribution in [1.82, 2.24) is 15.2 Å². The molecule has 3 nitrogen and oxygen atoms in total. The van der Waals surface area contributed by atoms with E-state index in [9.17, 15) is 0 Å². The summed E-state index contributed by atoms with van der Waals surface area (Å²) in [5.41, 5.74) is 2.73. The summed E-state index contributed by atoms with van der Waals surface area (Å²) in [5.74, 6) is 0. The highest BCUT2D eigenvalue weighted by atomic mass is 15.2. The number of aromatic nitrogens is 1. The van der Waals surface area contributed by atoms with E-state index in [0.29, 0.717) is 6.04 Å². The van der Waals surface area contributed by atoms with Crippen LogP contribution in [-0.2, 0) is 6.42 Å². The molecule has 1 aromatic carbocycles. The second kappa shape index (κ2) is 6.64. The highest BCUT2D eigenvalue weighted by Gasteiger charge is 2.22. The molecule has 0 amide bonds. The Hall–Kier alpha value is -1.71. The van der Waals surface area contributed by atoms with E-state index in [1.54, 1.807) is 0 Å². The summed E-state index contributed by atoms with van der Waals surface area (Å²) in [5, 5.41) is 3.51. The van der Waals surface area contributed by atoms with Gasteiger partial charge in [0.1, 0.15) is 0 Å². The molecule has 0 spiro atoms. The molecule has 1 unspecified atom stereocenters. The lowest BCUT2D eigenvalue weighted by Gasteiger charge is -2.36. The normalized spacial score (nSPS) is 19.9. The zero-order valence-corrected chi connectivity index (χ0v) is 11.7. The zero-order chi connectivity index (χ0) is 13.6. The maximum absolute atomic E-state index is 4.19. The van der Waals surface area contributed by atoms with Crippen molar-refractivity contribution in [1.29, 1.82) is 0 Å². The first-order valence-corrected chi connectivity index (χ1v) is 7.32. The van der Waals surface area contributed by atoms with Crippen molar-refractivity contribution in [3.8, 4) is 0 Å². The average molecular weight is 267 g/mol. The third-order valence-electron chi connectivity index (χ3n) is 3.95. The zero-order valence-electron chi connectivity index (χ0n) is 11.7. The molecule has 1 fully saturated rings. The molecule has 1 N–H and O–H groups in total. The van der Waals surface area contributed by atoms with E-state index in [2.05, 4.69) is 51.6 Å². The van der Waals surface area contributed by atoms with Gasteiger partial charge in [0.2, 0.25) is 0 Å². The number of nitrogens with one attached hydrogen (secondary N) is 1. The minimum Gasteiger partial charge on any atom is -0.314 e. The van der Waals surface area contributed by atoms with Crippen LogP contribution in [0.25, 0.3) is 0 Å². The van der Waals surface area contributed by atoms with Crippen LogP contribution in [0.2, 0.25) is 0 Å². The van der Waals surface area contributed by atoms with E-state index >= 15 is 0 Å². The predicted octanol–water partition coefficient (Wildman–Crippen LogP) is 2.27. The topological polar surface area (TPSA) is 28.2 Å². The summed E-state index contributed by atoms with van der Waals surface area (Å²) in [7, 11) is 0. The molecule has 0 saturated carbocycles. The molecule has 1 aliphatic rings. The third-order valence-corrected chi connectivity index (χ3v) is 3.95. The van der Waals surface area contributed by atoms with E-state index < -0.39 is 0 Å². The Balaban J connectivity index is 1.67. The maximum atomic E-state index is 4.19. The molecule has 1 aromatic heterocycles. The molecular formula is C17H21N3. The van der Waals surface area contributed by atoms with Gasteiger partial charge in [-0.15, -0.1) is 0 Å². The van der Waals surface area contributed by atoms with Gasteiger partial charge in [0.05, 0.1) is 0 Å². The summed E-state index contributed by atoms with van der Waals surface area (Å²) >= 11 is 0. The van der Waals surface area contributed by atoms with Crippen LogP contribution >= 0.6 is 0 Å². The van der Waals surface area contributed by atoms with E-state index in [-0.39, 0.29) is 0 Å². The van der Waals surface area contributed by atoms with Crippen LogP contribution in [0, 0.1) is 0 Å². The van der Waals surface area contributed by atoms with E-state index in [1.807, 2.05) is 18.5 Å². The fourth-order valence-corrected chi connectivity index (χ4v) is 2.84. The van der Waals surface area contributed by atoms with Gasteiger partial charge in [0.15, 0.2) is 0 Å². The van der Waals surface area contributed by atoms with Crippen LogP contribution in [0.15, 0.2) is 54.9 Å². The third kappa shape index (κ3) is 3.24. The monoisotopic (exact) mass is 267 g/mol. The van der Waals surface area contributed by atoms with Crippen LogP contribution in [0.5, 0.6) is 0 Å². The Bertz CT molecular complexity index is 512. The van der Waals surface area contributed by atoms with Gasteiger partial charge in [-0.2, -0.15) is 0 Å². The van der Waals surface area contributed by atoms with Crippen LogP contribution in [0.4, 0.5) is 0 Å². The fourth-order valence-electron chi connectivity index (χ4n) is 2.84. The minimum absolute atomic E-state index is 0.488. The Morgan fingerprint density at radius 3 is 2.85 bits per heavy atom. The summed E-state index contributed by atoms with van der Waals surface area (Å²) in [4.78, 5) is 6.78. The van der Waals surface area contributed by atoms with Gasteiger partial charge in [-0.25, -0.2) is 0 Å².